The lowest BCUT2D eigenvalue weighted by Crippen LogP contribution is -2.46. The van der Waals surface area contributed by atoms with Crippen molar-refractivity contribution in [2.45, 2.75) is 32.2 Å². The van der Waals surface area contributed by atoms with E-state index in [1.165, 1.54) is 12.1 Å². The van der Waals surface area contributed by atoms with Crippen LogP contribution in [0.15, 0.2) is 24.3 Å². The third-order valence-electron chi connectivity index (χ3n) is 5.06. The lowest BCUT2D eigenvalue weighted by molar-refractivity contribution is -0.147. The number of rotatable bonds is 8. The molecule has 174 valence electrons. The van der Waals surface area contributed by atoms with Gasteiger partial charge in [0, 0.05) is 5.56 Å². The van der Waals surface area contributed by atoms with Crippen LogP contribution in [0, 0.1) is 5.82 Å². The van der Waals surface area contributed by atoms with Crippen LogP contribution in [0.5, 0.6) is 0 Å². The molecule has 0 bridgehead atoms. The van der Waals surface area contributed by atoms with E-state index in [-0.39, 0.29) is 43.2 Å². The first-order valence-corrected chi connectivity index (χ1v) is 11.3. The minimum Gasteiger partial charge on any atom is -0.456 e. The molecule has 1 atom stereocenters. The van der Waals surface area contributed by atoms with E-state index in [1.54, 1.807) is 0 Å². The minimum atomic E-state index is -1.33. The van der Waals surface area contributed by atoms with Crippen LogP contribution in [-0.4, -0.2) is 41.1 Å². The van der Waals surface area contributed by atoms with E-state index in [2.05, 4.69) is 0 Å². The maximum Gasteiger partial charge on any atom is 0.329 e. The van der Waals surface area contributed by atoms with Gasteiger partial charge in [0.05, 0.1) is 31.2 Å². The van der Waals surface area contributed by atoms with Crippen LogP contribution < -0.4 is 0 Å². The number of ketones is 1. The van der Waals surface area contributed by atoms with Crippen LogP contribution in [0.1, 0.15) is 57.3 Å². The lowest BCUT2D eigenvalue weighted by atomic mass is 10.1. The second kappa shape index (κ2) is 10.4. The molecule has 6 nitrogen and oxygen atoms in total. The molecule has 11 heteroatoms. The summed E-state index contributed by atoms with van der Waals surface area (Å²) in [5, 5.41) is -0.891. The molecule has 0 saturated carbocycles. The first kappa shape index (κ1) is 25.4. The van der Waals surface area contributed by atoms with Gasteiger partial charge in [-0.2, -0.15) is 0 Å². The van der Waals surface area contributed by atoms with Gasteiger partial charge in [0.25, 0.3) is 11.8 Å². The molecule has 1 heterocycles. The van der Waals surface area contributed by atoms with Gasteiger partial charge >= 0.3 is 5.97 Å². The van der Waals surface area contributed by atoms with Crippen LogP contribution in [-0.2, 0) is 9.53 Å². The normalized spacial score (nSPS) is 13.8. The molecule has 0 spiro atoms. The summed E-state index contributed by atoms with van der Waals surface area (Å²) in [6, 6.07) is 3.37. The zero-order valence-corrected chi connectivity index (χ0v) is 20.1. The minimum absolute atomic E-state index is 0.0856. The molecule has 0 radical (unpaired) electrons. The topological polar surface area (TPSA) is 80.8 Å². The third-order valence-corrected chi connectivity index (χ3v) is 6.86. The van der Waals surface area contributed by atoms with Crippen molar-refractivity contribution >= 4 is 70.0 Å². The fourth-order valence-electron chi connectivity index (χ4n) is 3.35. The summed E-state index contributed by atoms with van der Waals surface area (Å²) >= 11 is 24.3. The third kappa shape index (κ3) is 4.87. The van der Waals surface area contributed by atoms with Gasteiger partial charge < -0.3 is 4.74 Å². The highest BCUT2D eigenvalue weighted by Crippen LogP contribution is 2.45. The molecule has 0 fully saturated rings. The summed E-state index contributed by atoms with van der Waals surface area (Å²) in [6.45, 7) is 1.20. The highest BCUT2D eigenvalue weighted by atomic mass is 35.5. The number of esters is 1. The number of carbonyl (C=O) groups excluding carboxylic acids is 4. The number of carbonyl (C=O) groups is 4. The number of fused-ring (bicyclic) bond motifs is 1. The molecular weight excluding hydrogens is 519 g/mol. The number of hydrogen-bond acceptors (Lipinski definition) is 5. The van der Waals surface area contributed by atoms with Gasteiger partial charge in [0.2, 0.25) is 0 Å². The maximum atomic E-state index is 13.1. The molecule has 0 unspecified atom stereocenters. The second-order valence-electron chi connectivity index (χ2n) is 7.18. The quantitative estimate of drug-likeness (QED) is 0.136. The molecule has 33 heavy (non-hydrogen) atoms. The molecule has 1 aliphatic heterocycles. The Balaban J connectivity index is 1.87. The molecule has 2 aromatic rings. The Labute approximate surface area is 208 Å². The fraction of sp³-hybridized carbons (Fsp3) is 0.273. The van der Waals surface area contributed by atoms with Crippen LogP contribution in [0.3, 0.4) is 0 Å². The Morgan fingerprint density at radius 3 is 1.94 bits per heavy atom. The van der Waals surface area contributed by atoms with Crippen molar-refractivity contribution in [1.29, 1.82) is 0 Å². The zero-order chi connectivity index (χ0) is 24.4. The molecule has 2 aromatic carbocycles. The summed E-state index contributed by atoms with van der Waals surface area (Å²) in [5.74, 6) is -3.81. The van der Waals surface area contributed by atoms with Crippen LogP contribution >= 0.6 is 46.4 Å². The van der Waals surface area contributed by atoms with Crippen LogP contribution in [0.4, 0.5) is 4.39 Å². The first-order valence-electron chi connectivity index (χ1n) is 9.79. The van der Waals surface area contributed by atoms with Crippen molar-refractivity contribution in [3.05, 3.63) is 66.9 Å². The number of unbranched alkanes of at least 4 members (excludes halogenated alkanes) is 1. The molecular formula is C22H16Cl4FNO5. The van der Waals surface area contributed by atoms with Crippen molar-refractivity contribution in [3.8, 4) is 0 Å². The van der Waals surface area contributed by atoms with Crippen molar-refractivity contribution in [1.82, 2.24) is 4.90 Å². The van der Waals surface area contributed by atoms with Crippen molar-refractivity contribution < 1.29 is 28.3 Å². The molecule has 1 aliphatic rings. The fourth-order valence-corrected chi connectivity index (χ4v) is 4.37. The van der Waals surface area contributed by atoms with E-state index >= 15 is 0 Å². The maximum absolute atomic E-state index is 13.1. The predicted molar refractivity (Wildman–Crippen MR) is 122 cm³/mol. The SMILES string of the molecule is CCCC[C@H](C(=O)OCC(=O)c1ccc(F)cc1)N1C(=O)c2c(Cl)c(Cl)c(Cl)c(Cl)c2C1=O. The monoisotopic (exact) mass is 533 g/mol. The van der Waals surface area contributed by atoms with Crippen LogP contribution in [0.25, 0.3) is 0 Å². The number of halogens is 5. The summed E-state index contributed by atoms with van der Waals surface area (Å²) < 4.78 is 18.2. The zero-order valence-electron chi connectivity index (χ0n) is 17.1. The number of Topliss-reactive ketones (excluding diaryl/α,β-unsaturated/α-hetero) is 1. The molecule has 0 N–H and O–H groups in total. The van der Waals surface area contributed by atoms with E-state index in [9.17, 15) is 23.6 Å². The van der Waals surface area contributed by atoms with Gasteiger partial charge in [-0.3, -0.25) is 19.3 Å². The first-order chi connectivity index (χ1) is 15.6. The van der Waals surface area contributed by atoms with Crippen molar-refractivity contribution in [2.75, 3.05) is 6.61 Å². The number of hydrogen-bond donors (Lipinski definition) is 0. The van der Waals surface area contributed by atoms with E-state index in [0.717, 1.165) is 12.1 Å². The smallest absolute Gasteiger partial charge is 0.329 e. The average molecular weight is 535 g/mol. The summed E-state index contributed by atoms with van der Waals surface area (Å²) in [7, 11) is 0. The van der Waals surface area contributed by atoms with Gasteiger partial charge in [0.1, 0.15) is 11.9 Å². The summed E-state index contributed by atoms with van der Waals surface area (Å²) in [4.78, 5) is 52.0. The number of imide groups is 1. The number of ether oxygens (including phenoxy) is 1. The number of benzene rings is 2. The van der Waals surface area contributed by atoms with Gasteiger partial charge in [-0.05, 0) is 30.7 Å². The van der Waals surface area contributed by atoms with Crippen molar-refractivity contribution in [2.24, 2.45) is 0 Å². The van der Waals surface area contributed by atoms with E-state index < -0.39 is 42.0 Å². The summed E-state index contributed by atoms with van der Waals surface area (Å²) in [5.41, 5.74) is -0.367. The van der Waals surface area contributed by atoms with Gasteiger partial charge in [-0.15, -0.1) is 0 Å². The van der Waals surface area contributed by atoms with Gasteiger partial charge in [-0.25, -0.2) is 9.18 Å². The predicted octanol–water partition coefficient (Wildman–Crippen LogP) is 6.02. The Morgan fingerprint density at radius 1 is 0.939 bits per heavy atom. The van der Waals surface area contributed by atoms with Gasteiger partial charge in [0.15, 0.2) is 12.4 Å². The highest BCUT2D eigenvalue weighted by Gasteiger charge is 2.47. The Kier molecular flexibility index (Phi) is 8.00. The van der Waals surface area contributed by atoms with E-state index in [1.807, 2.05) is 6.92 Å². The Hall–Kier alpha value is -2.19. The molecule has 2 amide bonds. The lowest BCUT2D eigenvalue weighted by Gasteiger charge is -2.24. The average Bonchev–Trinajstić information content (AvgIpc) is 3.05. The van der Waals surface area contributed by atoms with E-state index in [0.29, 0.717) is 17.7 Å². The molecule has 0 aromatic heterocycles. The van der Waals surface area contributed by atoms with Crippen molar-refractivity contribution in [3.63, 3.8) is 0 Å². The van der Waals surface area contributed by atoms with Crippen LogP contribution in [0.2, 0.25) is 20.1 Å². The molecule has 0 saturated heterocycles. The Bertz CT molecular complexity index is 1110. The van der Waals surface area contributed by atoms with E-state index in [4.69, 9.17) is 51.1 Å². The van der Waals surface area contributed by atoms with Gasteiger partial charge in [-0.1, -0.05) is 66.2 Å². The Morgan fingerprint density at radius 2 is 1.45 bits per heavy atom. The summed E-state index contributed by atoms with van der Waals surface area (Å²) in [6.07, 6.45) is 1.21. The second-order valence-corrected chi connectivity index (χ2v) is 8.69. The largest absolute Gasteiger partial charge is 0.456 e. The molecule has 3 rings (SSSR count). The standard InChI is InChI=1S/C22H16Cl4FNO5/c1-2-3-4-12(22(32)33-9-13(29)10-5-7-11(27)8-6-10)28-20(30)14-15(21(28)31)17(24)19(26)18(25)16(14)23/h5-8,12H,2-4,9H2,1H3/t12-/m1/s1. The number of amides is 2. The molecule has 0 aliphatic carbocycles. The highest BCUT2D eigenvalue weighted by molar-refractivity contribution is 6.55. The number of nitrogens with zero attached hydrogens (tertiary/aromatic N) is 1.